The van der Waals surface area contributed by atoms with Gasteiger partial charge in [0.25, 0.3) is 0 Å². The highest BCUT2D eigenvalue weighted by atomic mass is 15.3. The van der Waals surface area contributed by atoms with Crippen LogP contribution >= 0.6 is 0 Å². The molecule has 0 aromatic heterocycles. The molecule has 1 aromatic rings. The van der Waals surface area contributed by atoms with Gasteiger partial charge in [-0.15, -0.1) is 0 Å². The zero-order valence-electron chi connectivity index (χ0n) is 9.22. The summed E-state index contributed by atoms with van der Waals surface area (Å²) in [6, 6.07) is 10.0. The largest absolute Gasteiger partial charge is 0.384 e. The first-order chi connectivity index (χ1) is 7.62. The summed E-state index contributed by atoms with van der Waals surface area (Å²) >= 11 is 0. The quantitative estimate of drug-likeness (QED) is 0.686. The fourth-order valence-corrected chi connectivity index (χ4v) is 1.76. The van der Waals surface area contributed by atoms with Crippen LogP contribution in [-0.4, -0.2) is 11.6 Å². The van der Waals surface area contributed by atoms with Crippen molar-refractivity contribution in [3.63, 3.8) is 0 Å². The zero-order valence-corrected chi connectivity index (χ0v) is 9.22. The lowest BCUT2D eigenvalue weighted by Gasteiger charge is -2.34. The van der Waals surface area contributed by atoms with E-state index in [1.54, 1.807) is 12.3 Å². The summed E-state index contributed by atoms with van der Waals surface area (Å²) in [6.07, 6.45) is 3.44. The van der Waals surface area contributed by atoms with Crippen LogP contribution in [0.2, 0.25) is 0 Å². The lowest BCUT2D eigenvalue weighted by Crippen LogP contribution is -2.56. The summed E-state index contributed by atoms with van der Waals surface area (Å²) in [7, 11) is 0. The van der Waals surface area contributed by atoms with E-state index in [0.29, 0.717) is 5.84 Å². The Hall–Kier alpha value is -1.81. The molecule has 1 heterocycles. The predicted octanol–water partition coefficient (Wildman–Crippen LogP) is 0.877. The van der Waals surface area contributed by atoms with Gasteiger partial charge in [-0.05, 0) is 11.6 Å². The Labute approximate surface area is 95.1 Å². The highest BCUT2D eigenvalue weighted by Crippen LogP contribution is 2.26. The fraction of sp³-hybridized carbons (Fsp3) is 0.250. The van der Waals surface area contributed by atoms with Gasteiger partial charge in [0, 0.05) is 12.1 Å². The van der Waals surface area contributed by atoms with Crippen LogP contribution in [0.15, 0.2) is 47.6 Å². The first kappa shape index (κ1) is 10.7. The SMILES string of the molecule is C[C@H](c1ccccc1)C1(N)N=C(N)C=CN1. The molecule has 4 nitrogen and oxygen atoms in total. The van der Waals surface area contributed by atoms with E-state index in [4.69, 9.17) is 11.5 Å². The van der Waals surface area contributed by atoms with Crippen molar-refractivity contribution in [2.24, 2.45) is 16.5 Å². The number of hydrogen-bond donors (Lipinski definition) is 3. The van der Waals surface area contributed by atoms with Crippen LogP contribution in [0.25, 0.3) is 0 Å². The maximum absolute atomic E-state index is 6.20. The number of nitrogens with two attached hydrogens (primary N) is 2. The molecule has 84 valence electrons. The molecule has 2 atom stereocenters. The third-order valence-corrected chi connectivity index (χ3v) is 2.84. The molecule has 0 spiro atoms. The van der Waals surface area contributed by atoms with Gasteiger partial charge < -0.3 is 11.1 Å². The number of rotatable bonds is 2. The van der Waals surface area contributed by atoms with Gasteiger partial charge in [-0.1, -0.05) is 37.3 Å². The molecule has 5 N–H and O–H groups in total. The monoisotopic (exact) mass is 216 g/mol. The Bertz CT molecular complexity index is 424. The zero-order chi connectivity index (χ0) is 11.6. The van der Waals surface area contributed by atoms with Gasteiger partial charge in [0.1, 0.15) is 5.84 Å². The molecule has 2 rings (SSSR count). The minimum atomic E-state index is -0.861. The maximum Gasteiger partial charge on any atom is 0.190 e. The predicted molar refractivity (Wildman–Crippen MR) is 65.7 cm³/mol. The second-order valence-electron chi connectivity index (χ2n) is 3.97. The summed E-state index contributed by atoms with van der Waals surface area (Å²) < 4.78 is 0. The van der Waals surface area contributed by atoms with E-state index in [2.05, 4.69) is 10.3 Å². The molecule has 1 aliphatic heterocycles. The van der Waals surface area contributed by atoms with Crippen LogP contribution in [0.1, 0.15) is 18.4 Å². The van der Waals surface area contributed by atoms with Crippen molar-refractivity contribution in [3.8, 4) is 0 Å². The van der Waals surface area contributed by atoms with Gasteiger partial charge in [-0.25, -0.2) is 4.99 Å². The van der Waals surface area contributed by atoms with Crippen LogP contribution < -0.4 is 16.8 Å². The Morgan fingerprint density at radius 1 is 1.31 bits per heavy atom. The van der Waals surface area contributed by atoms with Gasteiger partial charge in [-0.2, -0.15) is 0 Å². The Kier molecular flexibility index (Phi) is 2.66. The highest BCUT2D eigenvalue weighted by molar-refractivity contribution is 5.92. The second kappa shape index (κ2) is 3.98. The molecule has 0 radical (unpaired) electrons. The molecule has 0 saturated carbocycles. The number of nitrogens with zero attached hydrogens (tertiary/aromatic N) is 1. The van der Waals surface area contributed by atoms with Crippen LogP contribution in [0.3, 0.4) is 0 Å². The van der Waals surface area contributed by atoms with Gasteiger partial charge in [-0.3, -0.25) is 5.73 Å². The van der Waals surface area contributed by atoms with Crippen molar-refractivity contribution < 1.29 is 0 Å². The van der Waals surface area contributed by atoms with Gasteiger partial charge >= 0.3 is 0 Å². The van der Waals surface area contributed by atoms with Crippen molar-refractivity contribution in [2.75, 3.05) is 0 Å². The van der Waals surface area contributed by atoms with Crippen molar-refractivity contribution in [1.82, 2.24) is 5.32 Å². The summed E-state index contributed by atoms with van der Waals surface area (Å²) in [6.45, 7) is 2.03. The fourth-order valence-electron chi connectivity index (χ4n) is 1.76. The minimum Gasteiger partial charge on any atom is -0.384 e. The summed E-state index contributed by atoms with van der Waals surface area (Å²) in [5.41, 5.74) is 13.0. The lowest BCUT2D eigenvalue weighted by atomic mass is 9.94. The number of aliphatic imine (C=N–C) groups is 1. The molecular formula is C12H16N4. The Balaban J connectivity index is 2.29. The van der Waals surface area contributed by atoms with Crippen molar-refractivity contribution >= 4 is 5.84 Å². The highest BCUT2D eigenvalue weighted by Gasteiger charge is 2.32. The molecule has 0 bridgehead atoms. The smallest absolute Gasteiger partial charge is 0.190 e. The van der Waals surface area contributed by atoms with E-state index >= 15 is 0 Å². The average molecular weight is 216 g/mol. The summed E-state index contributed by atoms with van der Waals surface area (Å²) in [4.78, 5) is 4.26. The van der Waals surface area contributed by atoms with Crippen molar-refractivity contribution in [2.45, 2.75) is 18.6 Å². The molecule has 0 aliphatic carbocycles. The lowest BCUT2D eigenvalue weighted by molar-refractivity contribution is 0.332. The number of benzene rings is 1. The minimum absolute atomic E-state index is 0.0391. The summed E-state index contributed by atoms with van der Waals surface area (Å²) in [5, 5.41) is 3.05. The first-order valence-electron chi connectivity index (χ1n) is 5.25. The van der Waals surface area contributed by atoms with Crippen LogP contribution in [0.5, 0.6) is 0 Å². The van der Waals surface area contributed by atoms with E-state index in [-0.39, 0.29) is 5.92 Å². The van der Waals surface area contributed by atoms with E-state index in [1.165, 1.54) is 0 Å². The molecule has 1 aliphatic rings. The molecule has 1 unspecified atom stereocenters. The molecule has 0 fully saturated rings. The number of hydrogen-bond acceptors (Lipinski definition) is 4. The molecule has 0 amide bonds. The first-order valence-corrected chi connectivity index (χ1v) is 5.25. The van der Waals surface area contributed by atoms with Gasteiger partial charge in [0.15, 0.2) is 5.79 Å². The van der Waals surface area contributed by atoms with Crippen LogP contribution in [-0.2, 0) is 0 Å². The van der Waals surface area contributed by atoms with Gasteiger partial charge in [0.2, 0.25) is 0 Å². The van der Waals surface area contributed by atoms with Gasteiger partial charge in [0.05, 0.1) is 0 Å². The topological polar surface area (TPSA) is 76.4 Å². The molecular weight excluding hydrogens is 200 g/mol. The van der Waals surface area contributed by atoms with E-state index in [0.717, 1.165) is 5.56 Å². The number of amidine groups is 1. The Morgan fingerprint density at radius 2 is 2.00 bits per heavy atom. The van der Waals surface area contributed by atoms with Crippen molar-refractivity contribution in [3.05, 3.63) is 48.2 Å². The molecule has 4 heteroatoms. The molecule has 1 aromatic carbocycles. The maximum atomic E-state index is 6.20. The molecule has 0 saturated heterocycles. The average Bonchev–Trinajstić information content (AvgIpc) is 2.29. The Morgan fingerprint density at radius 3 is 2.62 bits per heavy atom. The van der Waals surface area contributed by atoms with E-state index < -0.39 is 5.79 Å². The third kappa shape index (κ3) is 1.92. The number of nitrogens with one attached hydrogen (secondary N) is 1. The van der Waals surface area contributed by atoms with E-state index in [9.17, 15) is 0 Å². The third-order valence-electron chi connectivity index (χ3n) is 2.84. The summed E-state index contributed by atoms with van der Waals surface area (Å²) in [5.74, 6) is -0.374. The van der Waals surface area contributed by atoms with Crippen LogP contribution in [0, 0.1) is 0 Å². The van der Waals surface area contributed by atoms with Crippen LogP contribution in [0.4, 0.5) is 0 Å². The second-order valence-corrected chi connectivity index (χ2v) is 3.97. The molecule has 16 heavy (non-hydrogen) atoms. The van der Waals surface area contributed by atoms with Crippen molar-refractivity contribution in [1.29, 1.82) is 0 Å². The normalized spacial score (nSPS) is 25.8. The standard InChI is InChI=1S/C12H16N4/c1-9(10-5-3-2-4-6-10)12(14)15-8-7-11(13)16-12/h2-9,15H,14H2,1H3,(H2,13,16)/t9-,12?/m1/s1. The van der Waals surface area contributed by atoms with E-state index in [1.807, 2.05) is 37.3 Å².